The Kier molecular flexibility index (Phi) is 6.03. The highest BCUT2D eigenvalue weighted by Gasteiger charge is 2.04. The van der Waals surface area contributed by atoms with Gasteiger partial charge >= 0.3 is 0 Å². The molecule has 1 heterocycles. The Morgan fingerprint density at radius 2 is 1.95 bits per heavy atom. The summed E-state index contributed by atoms with van der Waals surface area (Å²) in [7, 11) is 0. The van der Waals surface area contributed by atoms with Crippen LogP contribution in [0.25, 0.3) is 0 Å². The zero-order chi connectivity index (χ0) is 15.1. The first-order valence-corrected chi connectivity index (χ1v) is 7.54. The van der Waals surface area contributed by atoms with Gasteiger partial charge in [0.2, 0.25) is 0 Å². The van der Waals surface area contributed by atoms with Gasteiger partial charge in [-0.1, -0.05) is 37.6 Å². The summed E-state index contributed by atoms with van der Waals surface area (Å²) in [6.45, 7) is 6.67. The lowest BCUT2D eigenvalue weighted by atomic mass is 10.2. The first-order valence-electron chi connectivity index (χ1n) is 7.16. The largest absolute Gasteiger partial charge is 0.487 e. The van der Waals surface area contributed by atoms with Gasteiger partial charge in [-0.25, -0.2) is 0 Å². The van der Waals surface area contributed by atoms with E-state index in [2.05, 4.69) is 24.1 Å². The molecule has 0 saturated carbocycles. The van der Waals surface area contributed by atoms with Gasteiger partial charge in [0, 0.05) is 23.3 Å². The number of rotatable bonds is 7. The van der Waals surface area contributed by atoms with Crippen LogP contribution in [0, 0.1) is 5.92 Å². The van der Waals surface area contributed by atoms with E-state index < -0.39 is 0 Å². The van der Waals surface area contributed by atoms with E-state index in [-0.39, 0.29) is 0 Å². The lowest BCUT2D eigenvalue weighted by Gasteiger charge is -2.12. The average molecular weight is 305 g/mol. The molecule has 3 nitrogen and oxygen atoms in total. The van der Waals surface area contributed by atoms with E-state index in [1.807, 2.05) is 30.3 Å². The Morgan fingerprint density at radius 3 is 2.67 bits per heavy atom. The van der Waals surface area contributed by atoms with Crippen LogP contribution < -0.4 is 10.1 Å². The summed E-state index contributed by atoms with van der Waals surface area (Å²) in [5.74, 6) is 1.45. The summed E-state index contributed by atoms with van der Waals surface area (Å²) in [6.07, 6.45) is 3.56. The SMILES string of the molecule is CC(C)CNCc1ccncc1OCc1ccc(Cl)cc1. The van der Waals surface area contributed by atoms with Crippen LogP contribution in [-0.2, 0) is 13.2 Å². The number of benzene rings is 1. The Hall–Kier alpha value is -1.58. The van der Waals surface area contributed by atoms with Crippen molar-refractivity contribution in [2.45, 2.75) is 27.0 Å². The second-order valence-electron chi connectivity index (χ2n) is 5.42. The van der Waals surface area contributed by atoms with Crippen molar-refractivity contribution in [3.05, 3.63) is 58.9 Å². The molecule has 1 N–H and O–H groups in total. The fourth-order valence-corrected chi connectivity index (χ4v) is 2.05. The van der Waals surface area contributed by atoms with E-state index in [4.69, 9.17) is 16.3 Å². The highest BCUT2D eigenvalue weighted by Crippen LogP contribution is 2.18. The van der Waals surface area contributed by atoms with E-state index >= 15 is 0 Å². The second-order valence-corrected chi connectivity index (χ2v) is 5.86. The van der Waals surface area contributed by atoms with Crippen molar-refractivity contribution in [2.24, 2.45) is 5.92 Å². The molecule has 0 bridgehead atoms. The monoisotopic (exact) mass is 304 g/mol. The van der Waals surface area contributed by atoms with Gasteiger partial charge in [-0.3, -0.25) is 4.98 Å². The van der Waals surface area contributed by atoms with Crippen molar-refractivity contribution in [3.8, 4) is 5.75 Å². The molecule has 112 valence electrons. The molecule has 2 rings (SSSR count). The number of hydrogen-bond acceptors (Lipinski definition) is 3. The second kappa shape index (κ2) is 8.01. The van der Waals surface area contributed by atoms with E-state index in [9.17, 15) is 0 Å². The minimum atomic E-state index is 0.514. The van der Waals surface area contributed by atoms with Gasteiger partial charge in [0.15, 0.2) is 0 Å². The fourth-order valence-electron chi connectivity index (χ4n) is 1.92. The molecule has 0 aliphatic heterocycles. The van der Waals surface area contributed by atoms with Crippen molar-refractivity contribution >= 4 is 11.6 Å². The highest BCUT2D eigenvalue weighted by molar-refractivity contribution is 6.30. The molecule has 2 aromatic rings. The molecular weight excluding hydrogens is 284 g/mol. The van der Waals surface area contributed by atoms with Crippen LogP contribution in [0.4, 0.5) is 0 Å². The number of pyridine rings is 1. The van der Waals surface area contributed by atoms with Crippen LogP contribution in [0.5, 0.6) is 5.75 Å². The van der Waals surface area contributed by atoms with Gasteiger partial charge in [0.05, 0.1) is 6.20 Å². The molecule has 0 unspecified atom stereocenters. The van der Waals surface area contributed by atoms with Crippen molar-refractivity contribution in [1.29, 1.82) is 0 Å². The van der Waals surface area contributed by atoms with Crippen molar-refractivity contribution in [2.75, 3.05) is 6.54 Å². The topological polar surface area (TPSA) is 34.2 Å². The third-order valence-electron chi connectivity index (χ3n) is 3.05. The van der Waals surface area contributed by atoms with Crippen LogP contribution in [0.15, 0.2) is 42.7 Å². The van der Waals surface area contributed by atoms with Crippen molar-refractivity contribution < 1.29 is 4.74 Å². The van der Waals surface area contributed by atoms with Gasteiger partial charge in [0.1, 0.15) is 12.4 Å². The molecule has 4 heteroatoms. The maximum absolute atomic E-state index is 5.88. The Balaban J connectivity index is 1.94. The van der Waals surface area contributed by atoms with Crippen LogP contribution in [0.2, 0.25) is 5.02 Å². The summed E-state index contributed by atoms with van der Waals surface area (Å²) in [5, 5.41) is 4.16. The quantitative estimate of drug-likeness (QED) is 0.837. The number of halogens is 1. The number of ether oxygens (including phenoxy) is 1. The van der Waals surface area contributed by atoms with Crippen LogP contribution in [-0.4, -0.2) is 11.5 Å². The van der Waals surface area contributed by atoms with Gasteiger partial charge in [-0.05, 0) is 36.2 Å². The molecule has 1 aromatic carbocycles. The molecule has 0 aliphatic rings. The van der Waals surface area contributed by atoms with E-state index in [0.29, 0.717) is 12.5 Å². The Bertz CT molecular complexity index is 555. The number of hydrogen-bond donors (Lipinski definition) is 1. The molecule has 0 saturated heterocycles. The summed E-state index contributed by atoms with van der Waals surface area (Å²) < 4.78 is 5.88. The van der Waals surface area contributed by atoms with Crippen molar-refractivity contribution in [1.82, 2.24) is 10.3 Å². The Labute approximate surface area is 131 Å². The predicted molar refractivity (Wildman–Crippen MR) is 86.6 cm³/mol. The summed E-state index contributed by atoms with van der Waals surface area (Å²) >= 11 is 5.88. The standard InChI is InChI=1S/C17H21ClN2O/c1-13(2)9-20-10-15-7-8-19-11-17(15)21-12-14-3-5-16(18)6-4-14/h3-8,11,13,20H,9-10,12H2,1-2H3. The number of nitrogens with zero attached hydrogens (tertiary/aromatic N) is 1. The van der Waals surface area contributed by atoms with E-state index in [1.165, 1.54) is 0 Å². The van der Waals surface area contributed by atoms with Gasteiger partial charge in [0.25, 0.3) is 0 Å². The normalized spacial score (nSPS) is 10.9. The van der Waals surface area contributed by atoms with E-state index in [1.54, 1.807) is 12.4 Å². The summed E-state index contributed by atoms with van der Waals surface area (Å²) in [5.41, 5.74) is 2.21. The van der Waals surface area contributed by atoms with Crippen LogP contribution in [0.3, 0.4) is 0 Å². The zero-order valence-corrected chi connectivity index (χ0v) is 13.2. The molecule has 0 aliphatic carbocycles. The van der Waals surface area contributed by atoms with Crippen LogP contribution in [0.1, 0.15) is 25.0 Å². The Morgan fingerprint density at radius 1 is 1.19 bits per heavy atom. The molecule has 0 atom stereocenters. The maximum atomic E-state index is 5.88. The first-order chi connectivity index (χ1) is 10.1. The van der Waals surface area contributed by atoms with Crippen molar-refractivity contribution in [3.63, 3.8) is 0 Å². The fraction of sp³-hybridized carbons (Fsp3) is 0.353. The molecule has 0 fully saturated rings. The summed E-state index contributed by atoms with van der Waals surface area (Å²) in [6, 6.07) is 9.67. The first kappa shape index (κ1) is 15.8. The smallest absolute Gasteiger partial charge is 0.142 e. The third-order valence-corrected chi connectivity index (χ3v) is 3.30. The number of aromatic nitrogens is 1. The predicted octanol–water partition coefficient (Wildman–Crippen LogP) is 4.06. The maximum Gasteiger partial charge on any atom is 0.142 e. The zero-order valence-electron chi connectivity index (χ0n) is 12.5. The molecular formula is C17H21ClN2O. The number of nitrogens with one attached hydrogen (secondary N) is 1. The minimum absolute atomic E-state index is 0.514. The van der Waals surface area contributed by atoms with Gasteiger partial charge in [-0.15, -0.1) is 0 Å². The molecule has 21 heavy (non-hydrogen) atoms. The lowest BCUT2D eigenvalue weighted by Crippen LogP contribution is -2.19. The van der Waals surface area contributed by atoms with E-state index in [0.717, 1.165) is 35.0 Å². The van der Waals surface area contributed by atoms with Gasteiger partial charge < -0.3 is 10.1 Å². The van der Waals surface area contributed by atoms with Crippen LogP contribution >= 0.6 is 11.6 Å². The lowest BCUT2D eigenvalue weighted by molar-refractivity contribution is 0.300. The minimum Gasteiger partial charge on any atom is -0.487 e. The third kappa shape index (κ3) is 5.37. The average Bonchev–Trinajstić information content (AvgIpc) is 2.47. The molecule has 0 amide bonds. The highest BCUT2D eigenvalue weighted by atomic mass is 35.5. The van der Waals surface area contributed by atoms with Gasteiger partial charge in [-0.2, -0.15) is 0 Å². The molecule has 0 radical (unpaired) electrons. The summed E-state index contributed by atoms with van der Waals surface area (Å²) in [4.78, 5) is 4.14. The molecule has 1 aromatic heterocycles. The molecule has 0 spiro atoms.